The molecule has 1 fully saturated rings. The molecule has 0 bridgehead atoms. The normalized spacial score (nSPS) is 17.3. The van der Waals surface area contributed by atoms with Crippen LogP contribution in [-0.2, 0) is 20.7 Å². The molecule has 2 aromatic rings. The molecule has 1 N–H and O–H groups in total. The molecule has 2 aromatic carbocycles. The summed E-state index contributed by atoms with van der Waals surface area (Å²) in [5.74, 6) is -3.44. The lowest BCUT2D eigenvalue weighted by Crippen LogP contribution is -2.41. The maximum absolute atomic E-state index is 14.2. The Kier molecular flexibility index (Phi) is 7.00. The zero-order valence-electron chi connectivity index (χ0n) is 18.4. The van der Waals surface area contributed by atoms with Crippen molar-refractivity contribution in [1.82, 2.24) is 5.32 Å². The predicted molar refractivity (Wildman–Crippen MR) is 115 cm³/mol. The Balaban J connectivity index is 1.78. The van der Waals surface area contributed by atoms with Crippen LogP contribution in [-0.4, -0.2) is 31.0 Å². The fourth-order valence-corrected chi connectivity index (χ4v) is 2.99. The summed E-state index contributed by atoms with van der Waals surface area (Å²) in [4.78, 5) is 12.2. The second-order valence-electron chi connectivity index (χ2n) is 8.51. The van der Waals surface area contributed by atoms with Crippen LogP contribution in [0, 0.1) is 17.5 Å². The number of amides is 1. The number of alkyl carbamates (subject to hydrolysis) is 1. The van der Waals surface area contributed by atoms with E-state index in [2.05, 4.69) is 5.32 Å². The fraction of sp³-hybridized carbons (Fsp3) is 0.348. The molecule has 1 aliphatic heterocycles. The van der Waals surface area contributed by atoms with E-state index in [1.807, 2.05) is 58.0 Å². The quantitative estimate of drug-likeness (QED) is 0.498. The molecule has 3 rings (SSSR count). The molecule has 1 aliphatic rings. The standard InChI is InChI=1S/C23H25BF3NO4/c1-22(2)23(3,4)32-24(31-22)17(10-16-11-19(26)20(27)12-18(16)25)13-28-21(29)30-14-15-8-6-5-7-9-15/h5-12H,13-14H2,1-4H3,(H,28,29). The van der Waals surface area contributed by atoms with Gasteiger partial charge in [-0.3, -0.25) is 0 Å². The van der Waals surface area contributed by atoms with Crippen LogP contribution in [0.5, 0.6) is 0 Å². The van der Waals surface area contributed by atoms with Crippen LogP contribution in [0.3, 0.4) is 0 Å². The topological polar surface area (TPSA) is 56.8 Å². The fourth-order valence-electron chi connectivity index (χ4n) is 2.99. The Hall–Kier alpha value is -2.78. The average molecular weight is 447 g/mol. The number of hydrogen-bond donors (Lipinski definition) is 1. The van der Waals surface area contributed by atoms with Crippen LogP contribution in [0.1, 0.15) is 38.8 Å². The third kappa shape index (κ3) is 5.52. The molecule has 0 unspecified atom stereocenters. The second kappa shape index (κ2) is 9.38. The predicted octanol–water partition coefficient (Wildman–Crippen LogP) is 5.05. The molecule has 1 saturated heterocycles. The number of halogens is 3. The first-order valence-corrected chi connectivity index (χ1v) is 10.1. The molecule has 0 aromatic heterocycles. The Labute approximate surface area is 185 Å². The number of hydrogen-bond acceptors (Lipinski definition) is 4. The maximum atomic E-state index is 14.2. The van der Waals surface area contributed by atoms with Crippen LogP contribution in [0.25, 0.3) is 6.08 Å². The van der Waals surface area contributed by atoms with Gasteiger partial charge in [0.2, 0.25) is 0 Å². The van der Waals surface area contributed by atoms with E-state index in [4.69, 9.17) is 14.0 Å². The van der Waals surface area contributed by atoms with Gasteiger partial charge in [-0.25, -0.2) is 18.0 Å². The summed E-state index contributed by atoms with van der Waals surface area (Å²) in [5, 5.41) is 2.57. The van der Waals surface area contributed by atoms with E-state index in [0.717, 1.165) is 11.6 Å². The second-order valence-corrected chi connectivity index (χ2v) is 8.51. The van der Waals surface area contributed by atoms with Crippen LogP contribution in [0.4, 0.5) is 18.0 Å². The number of carbonyl (C=O) groups is 1. The lowest BCUT2D eigenvalue weighted by molar-refractivity contribution is 0.00578. The summed E-state index contributed by atoms with van der Waals surface area (Å²) in [7, 11) is -0.943. The van der Waals surface area contributed by atoms with Crippen molar-refractivity contribution in [2.24, 2.45) is 0 Å². The van der Waals surface area contributed by atoms with Crippen molar-refractivity contribution < 1.29 is 32.0 Å². The summed E-state index contributed by atoms with van der Waals surface area (Å²) < 4.78 is 58.4. The number of rotatable bonds is 6. The maximum Gasteiger partial charge on any atom is 0.492 e. The first kappa shape index (κ1) is 23.9. The Morgan fingerprint density at radius 1 is 1.00 bits per heavy atom. The molecule has 1 heterocycles. The van der Waals surface area contributed by atoms with Crippen molar-refractivity contribution in [1.29, 1.82) is 0 Å². The zero-order valence-corrected chi connectivity index (χ0v) is 18.4. The molecule has 9 heteroatoms. The van der Waals surface area contributed by atoms with Gasteiger partial charge in [0.05, 0.1) is 11.2 Å². The molecule has 0 aliphatic carbocycles. The van der Waals surface area contributed by atoms with Crippen LogP contribution in [0.2, 0.25) is 0 Å². The molecule has 0 radical (unpaired) electrons. The highest BCUT2D eigenvalue weighted by molar-refractivity contribution is 6.56. The summed E-state index contributed by atoms with van der Waals surface area (Å²) in [5.41, 5.74) is -0.472. The third-order valence-electron chi connectivity index (χ3n) is 5.59. The van der Waals surface area contributed by atoms with Gasteiger partial charge in [0.1, 0.15) is 12.4 Å². The average Bonchev–Trinajstić information content (AvgIpc) is 2.95. The van der Waals surface area contributed by atoms with E-state index in [0.29, 0.717) is 11.5 Å². The van der Waals surface area contributed by atoms with E-state index in [1.54, 1.807) is 0 Å². The minimum absolute atomic E-state index is 0.0695. The van der Waals surface area contributed by atoms with Gasteiger partial charge in [-0.05, 0) is 44.8 Å². The lowest BCUT2D eigenvalue weighted by atomic mass is 9.77. The molecule has 170 valence electrons. The molecule has 0 saturated carbocycles. The molecule has 0 atom stereocenters. The van der Waals surface area contributed by atoms with Crippen molar-refractivity contribution in [3.05, 3.63) is 76.5 Å². The van der Waals surface area contributed by atoms with Gasteiger partial charge in [-0.2, -0.15) is 0 Å². The lowest BCUT2D eigenvalue weighted by Gasteiger charge is -2.32. The molecule has 32 heavy (non-hydrogen) atoms. The van der Waals surface area contributed by atoms with Crippen LogP contribution < -0.4 is 5.32 Å². The Bertz CT molecular complexity index is 996. The molecule has 0 spiro atoms. The van der Waals surface area contributed by atoms with E-state index < -0.39 is 41.9 Å². The monoisotopic (exact) mass is 447 g/mol. The van der Waals surface area contributed by atoms with Crippen LogP contribution >= 0.6 is 0 Å². The first-order valence-electron chi connectivity index (χ1n) is 10.1. The van der Waals surface area contributed by atoms with Crippen molar-refractivity contribution in [2.45, 2.75) is 45.5 Å². The minimum Gasteiger partial charge on any atom is -0.445 e. The van der Waals surface area contributed by atoms with Gasteiger partial charge in [0.25, 0.3) is 0 Å². The SMILES string of the molecule is CC1(C)OB(C(=Cc2cc(F)c(F)cc2F)CNC(=O)OCc2ccccc2)OC1(C)C. The highest BCUT2D eigenvalue weighted by Crippen LogP contribution is 2.38. The van der Waals surface area contributed by atoms with Crippen molar-refractivity contribution in [3.8, 4) is 0 Å². The molecular formula is C23H25BF3NO4. The third-order valence-corrected chi connectivity index (χ3v) is 5.59. The summed E-state index contributed by atoms with van der Waals surface area (Å²) in [6, 6.07) is 10.3. The summed E-state index contributed by atoms with van der Waals surface area (Å²) in [6.45, 7) is 7.30. The highest BCUT2D eigenvalue weighted by Gasteiger charge is 2.52. The summed E-state index contributed by atoms with van der Waals surface area (Å²) in [6.07, 6.45) is 0.569. The highest BCUT2D eigenvalue weighted by atomic mass is 19.2. The number of benzene rings is 2. The number of carbonyl (C=O) groups excluding carboxylic acids is 1. The largest absolute Gasteiger partial charge is 0.492 e. The zero-order chi connectivity index (χ0) is 23.5. The van der Waals surface area contributed by atoms with E-state index >= 15 is 0 Å². The molecule has 1 amide bonds. The smallest absolute Gasteiger partial charge is 0.445 e. The van der Waals surface area contributed by atoms with Gasteiger partial charge in [0.15, 0.2) is 11.6 Å². The minimum atomic E-state index is -1.29. The van der Waals surface area contributed by atoms with Gasteiger partial charge >= 0.3 is 13.2 Å². The van der Waals surface area contributed by atoms with E-state index in [9.17, 15) is 18.0 Å². The van der Waals surface area contributed by atoms with Gasteiger partial charge < -0.3 is 19.4 Å². The van der Waals surface area contributed by atoms with Gasteiger partial charge in [0, 0.05) is 18.2 Å². The summed E-state index contributed by atoms with van der Waals surface area (Å²) >= 11 is 0. The van der Waals surface area contributed by atoms with Crippen molar-refractivity contribution in [3.63, 3.8) is 0 Å². The van der Waals surface area contributed by atoms with Gasteiger partial charge in [-0.1, -0.05) is 36.4 Å². The first-order chi connectivity index (χ1) is 15.0. The number of nitrogens with one attached hydrogen (secondary N) is 1. The van der Waals surface area contributed by atoms with Gasteiger partial charge in [-0.15, -0.1) is 0 Å². The Morgan fingerprint density at radius 3 is 2.22 bits per heavy atom. The van der Waals surface area contributed by atoms with Crippen LogP contribution in [0.15, 0.2) is 47.9 Å². The number of ether oxygens (including phenoxy) is 1. The molecule has 5 nitrogen and oxygen atoms in total. The van der Waals surface area contributed by atoms with Crippen molar-refractivity contribution in [2.75, 3.05) is 6.54 Å². The molecular weight excluding hydrogens is 422 g/mol. The Morgan fingerprint density at radius 2 is 1.59 bits per heavy atom. The van der Waals surface area contributed by atoms with E-state index in [-0.39, 0.29) is 18.7 Å². The van der Waals surface area contributed by atoms with Crippen molar-refractivity contribution >= 4 is 19.3 Å². The van der Waals surface area contributed by atoms with E-state index in [1.165, 1.54) is 6.08 Å².